The molecule has 0 bridgehead atoms. The van der Waals surface area contributed by atoms with Crippen molar-refractivity contribution in [3.8, 4) is 16.9 Å². The fourth-order valence-electron chi connectivity index (χ4n) is 2.60. The molecule has 0 aliphatic carbocycles. The van der Waals surface area contributed by atoms with E-state index in [-0.39, 0.29) is 11.3 Å². The van der Waals surface area contributed by atoms with Gasteiger partial charge in [-0.2, -0.15) is 0 Å². The molecule has 7 nitrogen and oxygen atoms in total. The molecule has 0 amide bonds. The Morgan fingerprint density at radius 2 is 1.93 bits per heavy atom. The van der Waals surface area contributed by atoms with Crippen LogP contribution in [0.5, 0.6) is 5.75 Å². The van der Waals surface area contributed by atoms with Crippen LogP contribution in [0.3, 0.4) is 0 Å². The molecule has 7 heteroatoms. The topological polar surface area (TPSA) is 99.1 Å². The van der Waals surface area contributed by atoms with Crippen molar-refractivity contribution in [2.75, 3.05) is 13.8 Å². The maximum absolute atomic E-state index is 8.43. The van der Waals surface area contributed by atoms with Crippen molar-refractivity contribution in [2.24, 2.45) is 4.99 Å². The summed E-state index contributed by atoms with van der Waals surface area (Å²) in [5.41, 5.74) is 3.31. The number of benzene rings is 1. The largest absolute Gasteiger partial charge is 0.476 e. The van der Waals surface area contributed by atoms with Gasteiger partial charge in [0.25, 0.3) is 0 Å². The summed E-state index contributed by atoms with van der Waals surface area (Å²) in [6, 6.07) is 12.6. The standard InChI is InChI=1S/C20H20N6O/c1-23-13-27-18-11-15(3-5-17(18)24-2)16-4-6-19(21)26(12-16)20(22)14-7-9-25-10-8-14/h3-12,21-23H,2,13H2,1H3. The molecule has 3 N–H and O–H groups in total. The highest BCUT2D eigenvalue weighted by Gasteiger charge is 2.09. The minimum Gasteiger partial charge on any atom is -0.476 e. The predicted octanol–water partition coefficient (Wildman–Crippen LogP) is 2.79. The average molecular weight is 360 g/mol. The van der Waals surface area contributed by atoms with Crippen molar-refractivity contribution in [2.45, 2.75) is 0 Å². The van der Waals surface area contributed by atoms with Crippen molar-refractivity contribution < 1.29 is 4.74 Å². The quantitative estimate of drug-likeness (QED) is 0.358. The normalized spacial score (nSPS) is 10.4. The molecule has 2 heterocycles. The van der Waals surface area contributed by atoms with Gasteiger partial charge in [0.2, 0.25) is 0 Å². The highest BCUT2D eigenvalue weighted by Crippen LogP contribution is 2.32. The van der Waals surface area contributed by atoms with Crippen molar-refractivity contribution in [1.29, 1.82) is 10.8 Å². The minimum atomic E-state index is 0.209. The Labute approximate surface area is 157 Å². The molecule has 0 spiro atoms. The molecular weight excluding hydrogens is 340 g/mol. The van der Waals surface area contributed by atoms with Gasteiger partial charge in [0.05, 0.1) is 0 Å². The lowest BCUT2D eigenvalue weighted by Gasteiger charge is -2.13. The number of nitrogens with one attached hydrogen (secondary N) is 3. The predicted molar refractivity (Wildman–Crippen MR) is 106 cm³/mol. The number of hydrogen-bond donors (Lipinski definition) is 3. The minimum absolute atomic E-state index is 0.209. The summed E-state index contributed by atoms with van der Waals surface area (Å²) in [5, 5.41) is 19.5. The van der Waals surface area contributed by atoms with E-state index < -0.39 is 0 Å². The molecule has 1 aromatic carbocycles. The summed E-state index contributed by atoms with van der Waals surface area (Å²) in [6.45, 7) is 3.92. The number of hydrogen-bond acceptors (Lipinski definition) is 6. The van der Waals surface area contributed by atoms with E-state index in [1.54, 1.807) is 43.8 Å². The van der Waals surface area contributed by atoms with Gasteiger partial charge in [-0.15, -0.1) is 0 Å². The second-order valence-corrected chi connectivity index (χ2v) is 5.74. The Hall–Kier alpha value is -3.58. The first-order valence-electron chi connectivity index (χ1n) is 8.29. The van der Waals surface area contributed by atoms with Crippen molar-refractivity contribution >= 4 is 18.2 Å². The van der Waals surface area contributed by atoms with Gasteiger partial charge in [-0.1, -0.05) is 6.07 Å². The lowest BCUT2D eigenvalue weighted by molar-refractivity contribution is 0.297. The molecule has 0 unspecified atom stereocenters. The van der Waals surface area contributed by atoms with Crippen LogP contribution in [0.4, 0.5) is 5.69 Å². The van der Waals surface area contributed by atoms with E-state index in [4.69, 9.17) is 15.6 Å². The number of ether oxygens (including phenoxy) is 1. The molecular formula is C20H20N6O. The second-order valence-electron chi connectivity index (χ2n) is 5.74. The van der Waals surface area contributed by atoms with Gasteiger partial charge in [-0.3, -0.25) is 30.7 Å². The SMILES string of the molecule is C=Nc1ccc(-c2ccc(=N)n(C(=N)c3ccncc3)c2)cc1OCNC. The third kappa shape index (κ3) is 3.99. The van der Waals surface area contributed by atoms with Gasteiger partial charge >= 0.3 is 0 Å². The summed E-state index contributed by atoms with van der Waals surface area (Å²) in [4.78, 5) is 7.95. The number of rotatable bonds is 6. The smallest absolute Gasteiger partial charge is 0.147 e. The zero-order chi connectivity index (χ0) is 19.2. The Kier molecular flexibility index (Phi) is 5.53. The number of pyridine rings is 2. The van der Waals surface area contributed by atoms with E-state index in [2.05, 4.69) is 22.0 Å². The Bertz CT molecular complexity index is 1030. The molecule has 0 saturated carbocycles. The maximum atomic E-state index is 8.43. The van der Waals surface area contributed by atoms with Crippen LogP contribution in [0.25, 0.3) is 11.1 Å². The third-order valence-electron chi connectivity index (χ3n) is 3.98. The van der Waals surface area contributed by atoms with Gasteiger partial charge in [0, 0.05) is 24.2 Å². The van der Waals surface area contributed by atoms with Crippen molar-refractivity contribution in [3.05, 3.63) is 72.1 Å². The van der Waals surface area contributed by atoms with Gasteiger partial charge in [0.1, 0.15) is 29.5 Å². The molecule has 0 fully saturated rings. The van der Waals surface area contributed by atoms with E-state index in [0.717, 1.165) is 11.1 Å². The molecule has 0 saturated heterocycles. The summed E-state index contributed by atoms with van der Waals surface area (Å²) in [6.07, 6.45) is 5.03. The summed E-state index contributed by atoms with van der Waals surface area (Å²) in [5.74, 6) is 0.822. The Morgan fingerprint density at radius 3 is 2.63 bits per heavy atom. The van der Waals surface area contributed by atoms with E-state index >= 15 is 0 Å². The fourth-order valence-corrected chi connectivity index (χ4v) is 2.60. The molecule has 2 aromatic heterocycles. The van der Waals surface area contributed by atoms with Gasteiger partial charge in [0.15, 0.2) is 0 Å². The van der Waals surface area contributed by atoms with E-state index in [1.807, 2.05) is 24.3 Å². The molecule has 0 aliphatic rings. The third-order valence-corrected chi connectivity index (χ3v) is 3.98. The lowest BCUT2D eigenvalue weighted by Crippen LogP contribution is -2.26. The van der Waals surface area contributed by atoms with Crippen LogP contribution in [-0.2, 0) is 0 Å². The molecule has 3 aromatic rings. The van der Waals surface area contributed by atoms with Crippen LogP contribution >= 0.6 is 0 Å². The highest BCUT2D eigenvalue weighted by atomic mass is 16.5. The zero-order valence-corrected chi connectivity index (χ0v) is 14.9. The van der Waals surface area contributed by atoms with Crippen LogP contribution in [0.2, 0.25) is 0 Å². The molecule has 0 atom stereocenters. The van der Waals surface area contributed by atoms with Gasteiger partial charge in [-0.25, -0.2) is 0 Å². The van der Waals surface area contributed by atoms with Crippen LogP contribution in [0.1, 0.15) is 5.56 Å². The summed E-state index contributed by atoms with van der Waals surface area (Å²) in [7, 11) is 1.80. The van der Waals surface area contributed by atoms with Crippen LogP contribution in [0.15, 0.2) is 66.0 Å². The monoisotopic (exact) mass is 360 g/mol. The number of aliphatic imine (C=N–C) groups is 1. The zero-order valence-electron chi connectivity index (χ0n) is 14.9. The lowest BCUT2D eigenvalue weighted by atomic mass is 10.1. The first-order valence-corrected chi connectivity index (χ1v) is 8.29. The Morgan fingerprint density at radius 1 is 1.19 bits per heavy atom. The van der Waals surface area contributed by atoms with E-state index in [0.29, 0.717) is 23.7 Å². The average Bonchev–Trinajstić information content (AvgIpc) is 2.72. The van der Waals surface area contributed by atoms with Crippen LogP contribution < -0.4 is 15.5 Å². The van der Waals surface area contributed by atoms with Gasteiger partial charge in [-0.05, 0) is 61.3 Å². The number of nitrogens with zero attached hydrogens (tertiary/aromatic N) is 3. The second kappa shape index (κ2) is 8.20. The fraction of sp³-hybridized carbons (Fsp3) is 0.100. The van der Waals surface area contributed by atoms with Gasteiger partial charge < -0.3 is 4.74 Å². The molecule has 0 aliphatic heterocycles. The van der Waals surface area contributed by atoms with E-state index in [9.17, 15) is 0 Å². The summed E-state index contributed by atoms with van der Waals surface area (Å²) < 4.78 is 7.20. The molecule has 27 heavy (non-hydrogen) atoms. The van der Waals surface area contributed by atoms with Crippen LogP contribution in [-0.4, -0.2) is 35.9 Å². The first kappa shape index (κ1) is 18.2. The van der Waals surface area contributed by atoms with Crippen molar-refractivity contribution in [1.82, 2.24) is 14.9 Å². The Balaban J connectivity index is 2.02. The highest BCUT2D eigenvalue weighted by molar-refractivity contribution is 5.98. The van der Waals surface area contributed by atoms with Crippen molar-refractivity contribution in [3.63, 3.8) is 0 Å². The molecule has 136 valence electrons. The number of aromatic nitrogens is 2. The first-order chi connectivity index (χ1) is 13.1. The molecule has 3 rings (SSSR count). The van der Waals surface area contributed by atoms with E-state index in [1.165, 1.54) is 4.57 Å². The maximum Gasteiger partial charge on any atom is 0.147 e. The summed E-state index contributed by atoms with van der Waals surface area (Å²) >= 11 is 0. The molecule has 0 radical (unpaired) electrons. The van der Waals surface area contributed by atoms with Crippen LogP contribution in [0, 0.1) is 10.8 Å².